The molecule has 2 nitrogen and oxygen atoms in total. The van der Waals surface area contributed by atoms with E-state index in [4.69, 9.17) is 0 Å². The molecule has 0 spiro atoms. The van der Waals surface area contributed by atoms with Gasteiger partial charge in [0, 0.05) is 25.2 Å². The summed E-state index contributed by atoms with van der Waals surface area (Å²) in [4.78, 5) is 2.93. The van der Waals surface area contributed by atoms with Gasteiger partial charge in [-0.2, -0.15) is 0 Å². The van der Waals surface area contributed by atoms with Gasteiger partial charge in [-0.25, -0.2) is 0 Å². The van der Waals surface area contributed by atoms with Gasteiger partial charge in [-0.15, -0.1) is 0 Å². The molecule has 0 aromatic heterocycles. The van der Waals surface area contributed by atoms with Crippen LogP contribution in [-0.4, -0.2) is 36.6 Å². The quantitative estimate of drug-likeness (QED) is 0.822. The van der Waals surface area contributed by atoms with Crippen molar-refractivity contribution in [3.05, 3.63) is 0 Å². The summed E-state index contributed by atoms with van der Waals surface area (Å²) in [6.07, 6.45) is 11.6. The van der Waals surface area contributed by atoms with Crippen molar-refractivity contribution in [2.24, 2.45) is 17.3 Å². The van der Waals surface area contributed by atoms with E-state index in [0.29, 0.717) is 5.41 Å². The summed E-state index contributed by atoms with van der Waals surface area (Å²) >= 11 is 0. The highest BCUT2D eigenvalue weighted by molar-refractivity contribution is 4.93. The zero-order chi connectivity index (χ0) is 14.9. The Morgan fingerprint density at radius 2 is 1.67 bits per heavy atom. The third-order valence-electron chi connectivity index (χ3n) is 6.12. The lowest BCUT2D eigenvalue weighted by Crippen LogP contribution is -2.51. The van der Waals surface area contributed by atoms with Crippen LogP contribution in [0.25, 0.3) is 0 Å². The van der Waals surface area contributed by atoms with Crippen LogP contribution in [-0.2, 0) is 0 Å². The fourth-order valence-corrected chi connectivity index (χ4v) is 4.73. The zero-order valence-corrected chi connectivity index (χ0v) is 14.5. The second kappa shape index (κ2) is 6.58. The third kappa shape index (κ3) is 4.22. The van der Waals surface area contributed by atoms with Crippen molar-refractivity contribution in [2.75, 3.05) is 19.6 Å². The highest BCUT2D eigenvalue weighted by Crippen LogP contribution is 2.42. The minimum absolute atomic E-state index is 0.468. The van der Waals surface area contributed by atoms with Crippen LogP contribution >= 0.6 is 0 Å². The maximum atomic E-state index is 3.73. The Morgan fingerprint density at radius 1 is 0.905 bits per heavy atom. The lowest BCUT2D eigenvalue weighted by Gasteiger charge is -2.46. The van der Waals surface area contributed by atoms with Gasteiger partial charge in [-0.3, -0.25) is 4.90 Å². The lowest BCUT2D eigenvalue weighted by atomic mass is 9.69. The monoisotopic (exact) mass is 292 g/mol. The Hall–Kier alpha value is -0.0800. The molecule has 3 fully saturated rings. The van der Waals surface area contributed by atoms with Crippen molar-refractivity contribution in [3.8, 4) is 0 Å². The van der Waals surface area contributed by atoms with Crippen LogP contribution in [0.2, 0.25) is 0 Å². The highest BCUT2D eigenvalue weighted by atomic mass is 15.2. The van der Waals surface area contributed by atoms with Gasteiger partial charge in [0.15, 0.2) is 0 Å². The molecular formula is C19H36N2. The summed E-state index contributed by atoms with van der Waals surface area (Å²) in [5, 5.41) is 3.73. The van der Waals surface area contributed by atoms with Crippen molar-refractivity contribution in [1.82, 2.24) is 10.2 Å². The molecule has 1 saturated heterocycles. The Bertz CT molecular complexity index is 323. The van der Waals surface area contributed by atoms with Gasteiger partial charge in [-0.1, -0.05) is 33.6 Å². The summed E-state index contributed by atoms with van der Waals surface area (Å²) in [6, 6.07) is 1.62. The largest absolute Gasteiger partial charge is 0.313 e. The Morgan fingerprint density at radius 3 is 2.29 bits per heavy atom. The van der Waals surface area contributed by atoms with Gasteiger partial charge in [0.05, 0.1) is 0 Å². The van der Waals surface area contributed by atoms with E-state index in [1.54, 1.807) is 0 Å². The molecule has 0 aromatic carbocycles. The molecule has 2 saturated carbocycles. The van der Waals surface area contributed by atoms with E-state index in [9.17, 15) is 0 Å². The number of hydrogen-bond acceptors (Lipinski definition) is 2. The first kappa shape index (κ1) is 15.8. The first-order valence-corrected chi connectivity index (χ1v) is 9.51. The van der Waals surface area contributed by atoms with Crippen LogP contribution in [0.4, 0.5) is 0 Å². The van der Waals surface area contributed by atoms with Gasteiger partial charge in [0.25, 0.3) is 0 Å². The van der Waals surface area contributed by atoms with Crippen molar-refractivity contribution < 1.29 is 0 Å². The molecule has 0 amide bonds. The predicted molar refractivity (Wildman–Crippen MR) is 90.5 cm³/mol. The van der Waals surface area contributed by atoms with E-state index < -0.39 is 0 Å². The van der Waals surface area contributed by atoms with Crippen molar-refractivity contribution >= 4 is 0 Å². The molecule has 1 aliphatic heterocycles. The minimum Gasteiger partial charge on any atom is -0.313 e. The van der Waals surface area contributed by atoms with E-state index >= 15 is 0 Å². The molecule has 122 valence electrons. The van der Waals surface area contributed by atoms with Crippen LogP contribution in [0, 0.1) is 17.3 Å². The minimum atomic E-state index is 0.468. The van der Waals surface area contributed by atoms with Crippen LogP contribution in [0.5, 0.6) is 0 Å². The molecule has 21 heavy (non-hydrogen) atoms. The first-order valence-electron chi connectivity index (χ1n) is 9.51. The molecule has 1 N–H and O–H groups in total. The summed E-state index contributed by atoms with van der Waals surface area (Å²) in [5.41, 5.74) is 0.468. The fraction of sp³-hybridized carbons (Fsp3) is 1.00. The molecule has 1 heterocycles. The van der Waals surface area contributed by atoms with Crippen molar-refractivity contribution in [3.63, 3.8) is 0 Å². The van der Waals surface area contributed by atoms with Crippen LogP contribution in [0.3, 0.4) is 0 Å². The number of nitrogens with zero attached hydrogens (tertiary/aromatic N) is 1. The molecule has 0 aromatic rings. The van der Waals surface area contributed by atoms with Crippen LogP contribution < -0.4 is 5.32 Å². The van der Waals surface area contributed by atoms with Gasteiger partial charge in [0.2, 0.25) is 0 Å². The molecular weight excluding hydrogens is 256 g/mol. The molecule has 3 aliphatic rings. The normalized spacial score (nSPS) is 34.6. The van der Waals surface area contributed by atoms with E-state index in [1.165, 1.54) is 71.0 Å². The highest BCUT2D eigenvalue weighted by Gasteiger charge is 2.39. The molecule has 0 radical (unpaired) electrons. The second-order valence-electron chi connectivity index (χ2n) is 9.01. The smallest absolute Gasteiger partial charge is 0.0195 e. The Balaban J connectivity index is 1.68. The van der Waals surface area contributed by atoms with Gasteiger partial charge < -0.3 is 5.32 Å². The second-order valence-corrected chi connectivity index (χ2v) is 9.01. The average molecular weight is 293 g/mol. The molecule has 0 bridgehead atoms. The van der Waals surface area contributed by atoms with E-state index in [0.717, 1.165) is 23.9 Å². The SMILES string of the molecule is CC(C)(C)C1CCCCC1N(CC1CC1)CC1CCCN1. The van der Waals surface area contributed by atoms with Crippen molar-refractivity contribution in [2.45, 2.75) is 84.2 Å². The summed E-state index contributed by atoms with van der Waals surface area (Å²) in [5.74, 6) is 1.92. The van der Waals surface area contributed by atoms with Crippen LogP contribution in [0.1, 0.15) is 72.1 Å². The topological polar surface area (TPSA) is 15.3 Å². The maximum absolute atomic E-state index is 3.73. The summed E-state index contributed by atoms with van der Waals surface area (Å²) in [6.45, 7) is 11.4. The zero-order valence-electron chi connectivity index (χ0n) is 14.5. The molecule has 3 rings (SSSR count). The number of rotatable bonds is 5. The predicted octanol–water partition coefficient (Wildman–Crippen LogP) is 4.06. The van der Waals surface area contributed by atoms with Gasteiger partial charge in [0.1, 0.15) is 0 Å². The molecule has 2 heteroatoms. The van der Waals surface area contributed by atoms with Crippen molar-refractivity contribution in [1.29, 1.82) is 0 Å². The van der Waals surface area contributed by atoms with Crippen LogP contribution in [0.15, 0.2) is 0 Å². The fourth-order valence-electron chi connectivity index (χ4n) is 4.73. The number of nitrogens with one attached hydrogen (secondary N) is 1. The van der Waals surface area contributed by atoms with E-state index in [2.05, 4.69) is 31.0 Å². The lowest BCUT2D eigenvalue weighted by molar-refractivity contribution is 0.0338. The molecule has 3 atom stereocenters. The molecule has 2 aliphatic carbocycles. The standard InChI is InChI=1S/C19H36N2/c1-19(2,3)17-8-4-5-9-18(17)21(13-15-10-11-15)14-16-7-6-12-20-16/h15-18,20H,4-14H2,1-3H3. The summed E-state index contributed by atoms with van der Waals surface area (Å²) in [7, 11) is 0. The van der Waals surface area contributed by atoms with E-state index in [-0.39, 0.29) is 0 Å². The number of hydrogen-bond donors (Lipinski definition) is 1. The maximum Gasteiger partial charge on any atom is 0.0195 e. The molecule has 3 unspecified atom stereocenters. The van der Waals surface area contributed by atoms with Gasteiger partial charge >= 0.3 is 0 Å². The summed E-state index contributed by atoms with van der Waals surface area (Å²) < 4.78 is 0. The first-order chi connectivity index (χ1) is 10.0. The Kier molecular flexibility index (Phi) is 4.95. The van der Waals surface area contributed by atoms with Gasteiger partial charge in [-0.05, 0) is 62.3 Å². The average Bonchev–Trinajstić information content (AvgIpc) is 3.11. The van der Waals surface area contributed by atoms with E-state index in [1.807, 2.05) is 0 Å². The third-order valence-corrected chi connectivity index (χ3v) is 6.12. The Labute approximate surface area is 132 Å².